The Bertz CT molecular complexity index is 2180. The van der Waals surface area contributed by atoms with Crippen molar-refractivity contribution in [3.8, 4) is 11.5 Å². The lowest BCUT2D eigenvalue weighted by Crippen LogP contribution is -2.54. The third kappa shape index (κ3) is 7.20. The highest BCUT2D eigenvalue weighted by Crippen LogP contribution is 2.38. The van der Waals surface area contributed by atoms with Crippen LogP contribution in [0.2, 0.25) is 10.0 Å². The Kier molecular flexibility index (Phi) is 10.4. The molecule has 2 fully saturated rings. The summed E-state index contributed by atoms with van der Waals surface area (Å²) in [5.41, 5.74) is 1.02. The van der Waals surface area contributed by atoms with Crippen LogP contribution in [0.15, 0.2) is 53.7 Å². The van der Waals surface area contributed by atoms with Crippen LogP contribution in [0, 0.1) is 5.82 Å². The van der Waals surface area contributed by atoms with Gasteiger partial charge in [0.2, 0.25) is 17.7 Å². The number of fused-ring (bicyclic) bond motifs is 2. The molecule has 0 saturated carbocycles. The molecule has 0 bridgehead atoms. The van der Waals surface area contributed by atoms with Gasteiger partial charge in [-0.25, -0.2) is 14.4 Å². The van der Waals surface area contributed by atoms with Gasteiger partial charge in [-0.2, -0.15) is 0 Å². The minimum atomic E-state index is -1.05. The van der Waals surface area contributed by atoms with Crippen molar-refractivity contribution in [2.24, 2.45) is 0 Å². The van der Waals surface area contributed by atoms with Crippen LogP contribution in [0.3, 0.4) is 0 Å². The summed E-state index contributed by atoms with van der Waals surface area (Å²) in [6.07, 6.45) is 2.54. The van der Waals surface area contributed by atoms with Crippen LogP contribution >= 0.6 is 35.0 Å². The van der Waals surface area contributed by atoms with Gasteiger partial charge in [0, 0.05) is 60.9 Å². The van der Waals surface area contributed by atoms with Crippen molar-refractivity contribution in [1.29, 1.82) is 0 Å². The Morgan fingerprint density at radius 1 is 1.04 bits per heavy atom. The van der Waals surface area contributed by atoms with E-state index in [1.165, 1.54) is 37.3 Å². The van der Waals surface area contributed by atoms with E-state index < -0.39 is 35.5 Å². The lowest BCUT2D eigenvalue weighted by molar-refractivity contribution is -0.136. The molecule has 3 aliphatic rings. The predicted octanol–water partition coefficient (Wildman–Crippen LogP) is 5.78. The third-order valence-electron chi connectivity index (χ3n) is 9.30. The maximum absolute atomic E-state index is 14.8. The van der Waals surface area contributed by atoms with E-state index in [4.69, 9.17) is 32.7 Å². The Balaban J connectivity index is 0.957. The Hall–Kier alpha value is -4.99. The van der Waals surface area contributed by atoms with E-state index in [-0.39, 0.29) is 58.1 Å². The van der Waals surface area contributed by atoms with E-state index in [1.807, 2.05) is 0 Å². The molecular weight excluding hydrogens is 750 g/mol. The molecule has 3 aromatic carbocycles. The third-order valence-corrected chi connectivity index (χ3v) is 11.1. The molecule has 274 valence electrons. The van der Waals surface area contributed by atoms with E-state index in [1.54, 1.807) is 35.2 Å². The van der Waals surface area contributed by atoms with Gasteiger partial charge in [0.25, 0.3) is 11.8 Å². The number of aromatic nitrogens is 2. The molecule has 2 N–H and O–H groups in total. The molecule has 1 aromatic heterocycles. The number of carbonyl (C=O) groups excluding carboxylic acids is 5. The molecule has 3 aliphatic heterocycles. The van der Waals surface area contributed by atoms with Gasteiger partial charge in [-0.15, -0.1) is 11.8 Å². The lowest BCUT2D eigenvalue weighted by atomic mass is 10.0. The monoisotopic (exact) mass is 780 g/mol. The highest BCUT2D eigenvalue weighted by atomic mass is 35.5. The van der Waals surface area contributed by atoms with Gasteiger partial charge in [0.05, 0.1) is 39.5 Å². The molecule has 0 spiro atoms. The quantitative estimate of drug-likeness (QED) is 0.114. The summed E-state index contributed by atoms with van der Waals surface area (Å²) in [6.45, 7) is 0.927. The summed E-state index contributed by atoms with van der Waals surface area (Å²) in [5, 5.41) is 5.59. The summed E-state index contributed by atoms with van der Waals surface area (Å²) in [4.78, 5) is 75.7. The number of piperidine rings is 2. The van der Waals surface area contributed by atoms with Crippen molar-refractivity contribution in [3.63, 3.8) is 0 Å². The number of rotatable bonds is 10. The number of nitrogens with zero attached hydrogens (tertiary/aromatic N) is 4. The number of likely N-dealkylation sites (tertiary alicyclic amines) is 1. The molecule has 1 atom stereocenters. The van der Waals surface area contributed by atoms with Gasteiger partial charge in [-0.05, 0) is 36.8 Å². The Morgan fingerprint density at radius 3 is 2.58 bits per heavy atom. The van der Waals surface area contributed by atoms with Gasteiger partial charge in [-0.1, -0.05) is 29.3 Å². The normalized spacial score (nSPS) is 17.6. The lowest BCUT2D eigenvalue weighted by Gasteiger charge is -2.32. The van der Waals surface area contributed by atoms with Gasteiger partial charge in [-0.3, -0.25) is 34.2 Å². The van der Waals surface area contributed by atoms with Crippen molar-refractivity contribution in [2.75, 3.05) is 31.3 Å². The van der Waals surface area contributed by atoms with Crippen molar-refractivity contribution in [1.82, 2.24) is 25.1 Å². The topological polar surface area (TPSA) is 160 Å². The Labute approximate surface area is 316 Å². The highest BCUT2D eigenvalue weighted by Gasteiger charge is 2.45. The van der Waals surface area contributed by atoms with E-state index >= 15 is 0 Å². The fourth-order valence-corrected chi connectivity index (χ4v) is 7.90. The standard InChI is InChI=1S/C36H31Cl2FN6O7S/c1-51-25-16-23-20(33(41-17-40-23)42-22-6-5-21(37)31(38)32(22)39)15-26(25)52-18-9-12-44(13-10-18)29(47)11-14-53-27-4-2-3-19-30(27)36(50)45(35(19)49)24-7-8-28(46)43-34(24)48/h2-6,15-18,24H,7-14H2,1H3,(H,40,41,42)(H,43,46,48). The molecule has 7 rings (SSSR count). The van der Waals surface area contributed by atoms with Crippen LogP contribution in [-0.2, 0) is 14.4 Å². The van der Waals surface area contributed by atoms with Crippen LogP contribution in [0.25, 0.3) is 10.9 Å². The van der Waals surface area contributed by atoms with Crippen LogP contribution in [0.5, 0.6) is 11.5 Å². The van der Waals surface area contributed by atoms with Gasteiger partial charge < -0.3 is 19.7 Å². The van der Waals surface area contributed by atoms with Crippen molar-refractivity contribution >= 4 is 86.9 Å². The first-order valence-electron chi connectivity index (χ1n) is 16.7. The average Bonchev–Trinajstić information content (AvgIpc) is 3.41. The van der Waals surface area contributed by atoms with Crippen LogP contribution in [0.4, 0.5) is 15.9 Å². The number of ether oxygens (including phenoxy) is 2. The summed E-state index contributed by atoms with van der Waals surface area (Å²) in [5.74, 6) is -1.47. The minimum absolute atomic E-state index is 0.0357. The first-order valence-corrected chi connectivity index (χ1v) is 18.4. The Morgan fingerprint density at radius 2 is 1.83 bits per heavy atom. The second-order valence-electron chi connectivity index (χ2n) is 12.5. The SMILES string of the molecule is COc1cc2ncnc(Nc3ccc(Cl)c(Cl)c3F)c2cc1OC1CCN(C(=O)CCSc2cccc3c2C(=O)N(C2CCC(=O)NC2=O)C3=O)CC1. The molecule has 1 unspecified atom stereocenters. The molecule has 13 nitrogen and oxygen atoms in total. The number of carbonyl (C=O) groups is 5. The van der Waals surface area contributed by atoms with Gasteiger partial charge >= 0.3 is 0 Å². The highest BCUT2D eigenvalue weighted by molar-refractivity contribution is 7.99. The van der Waals surface area contributed by atoms with E-state index in [2.05, 4.69) is 20.6 Å². The number of methoxy groups -OCH3 is 1. The van der Waals surface area contributed by atoms with E-state index in [0.717, 1.165) is 4.90 Å². The smallest absolute Gasteiger partial charge is 0.263 e. The van der Waals surface area contributed by atoms with E-state index in [9.17, 15) is 28.4 Å². The zero-order chi connectivity index (χ0) is 37.4. The second-order valence-corrected chi connectivity index (χ2v) is 14.4. The zero-order valence-corrected chi connectivity index (χ0v) is 30.4. The molecule has 5 amide bonds. The number of thioether (sulfide) groups is 1. The maximum atomic E-state index is 14.8. The average molecular weight is 782 g/mol. The number of imide groups is 2. The first-order chi connectivity index (χ1) is 25.5. The summed E-state index contributed by atoms with van der Waals surface area (Å²) >= 11 is 13.2. The maximum Gasteiger partial charge on any atom is 0.263 e. The molecule has 4 aromatic rings. The van der Waals surface area contributed by atoms with Crippen molar-refractivity contribution in [2.45, 2.75) is 49.1 Å². The van der Waals surface area contributed by atoms with Gasteiger partial charge in [0.1, 0.15) is 24.3 Å². The fourth-order valence-electron chi connectivity index (χ4n) is 6.58. The van der Waals surface area contributed by atoms with Gasteiger partial charge in [0.15, 0.2) is 17.3 Å². The largest absolute Gasteiger partial charge is 0.493 e. The number of anilines is 2. The van der Waals surface area contributed by atoms with E-state index in [0.29, 0.717) is 64.8 Å². The molecule has 4 heterocycles. The number of benzene rings is 3. The minimum Gasteiger partial charge on any atom is -0.493 e. The molecule has 0 aliphatic carbocycles. The van der Waals surface area contributed by atoms with Crippen LogP contribution < -0.4 is 20.1 Å². The number of halogens is 3. The van der Waals surface area contributed by atoms with Crippen molar-refractivity contribution < 1.29 is 37.8 Å². The number of hydrogen-bond acceptors (Lipinski definition) is 11. The number of amides is 5. The van der Waals surface area contributed by atoms with Crippen LogP contribution in [0.1, 0.15) is 52.8 Å². The zero-order valence-electron chi connectivity index (χ0n) is 28.1. The number of nitrogens with one attached hydrogen (secondary N) is 2. The molecule has 2 saturated heterocycles. The predicted molar refractivity (Wildman–Crippen MR) is 194 cm³/mol. The molecular formula is C36H31Cl2FN6O7S. The van der Waals surface area contributed by atoms with Crippen molar-refractivity contribution in [3.05, 3.63) is 75.8 Å². The second kappa shape index (κ2) is 15.2. The molecule has 17 heteroatoms. The summed E-state index contributed by atoms with van der Waals surface area (Å²) in [7, 11) is 1.52. The number of hydrogen-bond donors (Lipinski definition) is 2. The van der Waals surface area contributed by atoms with Crippen LogP contribution in [-0.4, -0.2) is 87.4 Å². The molecule has 53 heavy (non-hydrogen) atoms. The first kappa shape index (κ1) is 36.4. The molecule has 0 radical (unpaired) electrons. The fraction of sp³-hybridized carbons (Fsp3) is 0.306. The summed E-state index contributed by atoms with van der Waals surface area (Å²) in [6, 6.07) is 10.2. The summed E-state index contributed by atoms with van der Waals surface area (Å²) < 4.78 is 26.8.